The Labute approximate surface area is 87.4 Å². The maximum Gasteiger partial charge on any atom is 0.262 e. The predicted molar refractivity (Wildman–Crippen MR) is 49.7 cm³/mol. The van der Waals surface area contributed by atoms with E-state index in [9.17, 15) is 13.6 Å². The molecule has 3 nitrogen and oxygen atoms in total. The third-order valence-electron chi connectivity index (χ3n) is 3.23. The van der Waals surface area contributed by atoms with Crippen molar-refractivity contribution in [3.8, 4) is 0 Å². The van der Waals surface area contributed by atoms with Gasteiger partial charge in [-0.15, -0.1) is 0 Å². The number of hydrogen-bond acceptors (Lipinski definition) is 2. The first-order valence-corrected chi connectivity index (χ1v) is 5.13. The van der Waals surface area contributed by atoms with Crippen LogP contribution < -0.4 is 0 Å². The molecule has 2 saturated heterocycles. The molecule has 0 saturated carbocycles. The van der Waals surface area contributed by atoms with Crippen LogP contribution >= 0.6 is 0 Å². The van der Waals surface area contributed by atoms with Crippen molar-refractivity contribution < 1.29 is 18.3 Å². The molecule has 5 heteroatoms. The Kier molecular flexibility index (Phi) is 2.26. The summed E-state index contributed by atoms with van der Waals surface area (Å²) in [5.41, 5.74) is -2.77. The first kappa shape index (κ1) is 10.8. The molecule has 1 amide bonds. The minimum Gasteiger partial charge on any atom is -0.354 e. The molecule has 2 rings (SSSR count). The lowest BCUT2D eigenvalue weighted by atomic mass is 9.98. The van der Waals surface area contributed by atoms with Gasteiger partial charge in [-0.3, -0.25) is 9.18 Å². The third-order valence-corrected chi connectivity index (χ3v) is 3.23. The summed E-state index contributed by atoms with van der Waals surface area (Å²) in [6, 6.07) is -0.232. The molecule has 2 heterocycles. The molecule has 2 fully saturated rings. The largest absolute Gasteiger partial charge is 0.354 e. The number of rotatable bonds is 2. The van der Waals surface area contributed by atoms with E-state index in [2.05, 4.69) is 0 Å². The Balaban J connectivity index is 2.24. The van der Waals surface area contributed by atoms with Crippen LogP contribution in [0.4, 0.5) is 8.78 Å². The van der Waals surface area contributed by atoms with Gasteiger partial charge in [-0.05, 0) is 13.8 Å². The van der Waals surface area contributed by atoms with Gasteiger partial charge in [0.1, 0.15) is 5.72 Å². The van der Waals surface area contributed by atoms with E-state index in [0.29, 0.717) is 6.61 Å². The summed E-state index contributed by atoms with van der Waals surface area (Å²) in [6.45, 7) is 3.00. The Morgan fingerprint density at radius 3 is 2.80 bits per heavy atom. The van der Waals surface area contributed by atoms with E-state index in [1.807, 2.05) is 0 Å². The zero-order valence-corrected chi connectivity index (χ0v) is 8.93. The molecule has 15 heavy (non-hydrogen) atoms. The number of halogens is 2. The first-order valence-electron chi connectivity index (χ1n) is 5.13. The van der Waals surface area contributed by atoms with Crippen molar-refractivity contribution in [2.45, 2.75) is 44.1 Å². The van der Waals surface area contributed by atoms with Gasteiger partial charge in [0.2, 0.25) is 0 Å². The van der Waals surface area contributed by atoms with Crippen molar-refractivity contribution in [2.24, 2.45) is 0 Å². The van der Waals surface area contributed by atoms with Gasteiger partial charge in [0.15, 0.2) is 5.67 Å². The molecule has 0 bridgehead atoms. The van der Waals surface area contributed by atoms with Crippen molar-refractivity contribution in [2.75, 3.05) is 13.3 Å². The molecule has 0 spiro atoms. The molecule has 0 aromatic rings. The molecule has 0 N–H and O–H groups in total. The summed E-state index contributed by atoms with van der Waals surface area (Å²) >= 11 is 0. The van der Waals surface area contributed by atoms with Crippen LogP contribution in [0.25, 0.3) is 0 Å². The van der Waals surface area contributed by atoms with Gasteiger partial charge in [0, 0.05) is 12.8 Å². The topological polar surface area (TPSA) is 29.5 Å². The summed E-state index contributed by atoms with van der Waals surface area (Å²) in [5, 5.41) is 0. The summed E-state index contributed by atoms with van der Waals surface area (Å²) in [5.74, 6) is -0.618. The molecule has 0 aromatic heterocycles. The van der Waals surface area contributed by atoms with Gasteiger partial charge >= 0.3 is 0 Å². The first-order chi connectivity index (χ1) is 6.91. The van der Waals surface area contributed by atoms with Crippen molar-refractivity contribution in [3.05, 3.63) is 0 Å². The molecular weight excluding hydrogens is 204 g/mol. The second kappa shape index (κ2) is 3.14. The van der Waals surface area contributed by atoms with E-state index in [1.165, 1.54) is 4.90 Å². The maximum atomic E-state index is 14.1. The van der Waals surface area contributed by atoms with Crippen LogP contribution in [-0.4, -0.2) is 41.5 Å². The molecule has 0 aromatic carbocycles. The summed E-state index contributed by atoms with van der Waals surface area (Å²) in [4.78, 5) is 13.2. The minimum atomic E-state index is -2.01. The fourth-order valence-electron chi connectivity index (χ4n) is 2.48. The van der Waals surface area contributed by atoms with Crippen molar-refractivity contribution in [1.29, 1.82) is 0 Å². The van der Waals surface area contributed by atoms with Crippen LogP contribution in [0.3, 0.4) is 0 Å². The molecule has 2 aliphatic rings. The lowest BCUT2D eigenvalue weighted by molar-refractivity contribution is -0.151. The smallest absolute Gasteiger partial charge is 0.262 e. The normalized spacial score (nSPS) is 38.5. The number of fused-ring (bicyclic) bond motifs is 1. The zero-order valence-electron chi connectivity index (χ0n) is 8.93. The number of carbonyl (C=O) groups excluding carboxylic acids is 1. The summed E-state index contributed by atoms with van der Waals surface area (Å²) < 4.78 is 31.7. The highest BCUT2D eigenvalue weighted by atomic mass is 19.1. The number of nitrogens with zero attached hydrogens (tertiary/aromatic N) is 1. The highest BCUT2D eigenvalue weighted by Gasteiger charge is 2.59. The van der Waals surface area contributed by atoms with Crippen molar-refractivity contribution in [3.63, 3.8) is 0 Å². The van der Waals surface area contributed by atoms with Crippen LogP contribution in [0.1, 0.15) is 26.7 Å². The third kappa shape index (κ3) is 1.44. The van der Waals surface area contributed by atoms with Gasteiger partial charge in [0.25, 0.3) is 5.91 Å². The van der Waals surface area contributed by atoms with Gasteiger partial charge in [-0.25, -0.2) is 4.39 Å². The number of amides is 1. The van der Waals surface area contributed by atoms with Gasteiger partial charge in [-0.2, -0.15) is 0 Å². The van der Waals surface area contributed by atoms with Gasteiger partial charge in [0.05, 0.1) is 19.3 Å². The maximum absolute atomic E-state index is 14.1. The quantitative estimate of drug-likeness (QED) is 0.703. The van der Waals surface area contributed by atoms with Crippen LogP contribution in [0.2, 0.25) is 0 Å². The van der Waals surface area contributed by atoms with E-state index >= 15 is 0 Å². The number of ether oxygens (including phenoxy) is 1. The van der Waals surface area contributed by atoms with E-state index in [0.717, 1.165) is 0 Å². The van der Waals surface area contributed by atoms with E-state index in [1.54, 1.807) is 13.8 Å². The van der Waals surface area contributed by atoms with E-state index < -0.39 is 24.0 Å². The molecular formula is C10H15F2NO2. The summed E-state index contributed by atoms with van der Waals surface area (Å²) in [7, 11) is 0. The predicted octanol–water partition coefficient (Wildman–Crippen LogP) is 1.42. The zero-order chi connectivity index (χ0) is 11.3. The standard InChI is InChI=1S/C10H15F2NO2/c1-9(2)13-7(6-15-9)5-10(12,3-4-11)8(13)14/h7H,3-6H2,1-2H3/t7-,10-/m0/s1. The second-order valence-electron chi connectivity index (χ2n) is 4.70. The lowest BCUT2D eigenvalue weighted by Gasteiger charge is -2.30. The number of alkyl halides is 2. The molecule has 86 valence electrons. The fraction of sp³-hybridized carbons (Fsp3) is 0.900. The SMILES string of the molecule is CC1(C)OC[C@@H]2C[C@@](F)(CCF)C(=O)N21. The lowest BCUT2D eigenvalue weighted by Crippen LogP contribution is -2.47. The minimum absolute atomic E-state index is 0.0547. The van der Waals surface area contributed by atoms with Crippen LogP contribution in [0.5, 0.6) is 0 Å². The molecule has 2 atom stereocenters. The molecule has 0 unspecified atom stereocenters. The van der Waals surface area contributed by atoms with Crippen LogP contribution in [0.15, 0.2) is 0 Å². The number of hydrogen-bond donors (Lipinski definition) is 0. The van der Waals surface area contributed by atoms with Gasteiger partial charge in [-0.1, -0.05) is 0 Å². The van der Waals surface area contributed by atoms with Crippen LogP contribution in [-0.2, 0) is 9.53 Å². The Hall–Kier alpha value is -0.710. The highest BCUT2D eigenvalue weighted by Crippen LogP contribution is 2.43. The average molecular weight is 219 g/mol. The van der Waals surface area contributed by atoms with Crippen molar-refractivity contribution in [1.82, 2.24) is 4.90 Å². The Morgan fingerprint density at radius 1 is 1.60 bits per heavy atom. The monoisotopic (exact) mass is 219 g/mol. The summed E-state index contributed by atoms with van der Waals surface area (Å²) in [6.07, 6.45) is -0.284. The Bertz CT molecular complexity index is 295. The fourth-order valence-corrected chi connectivity index (χ4v) is 2.48. The average Bonchev–Trinajstić information content (AvgIpc) is 2.53. The molecule has 2 aliphatic heterocycles. The number of carbonyl (C=O) groups is 1. The molecule has 0 radical (unpaired) electrons. The highest BCUT2D eigenvalue weighted by molar-refractivity contribution is 5.88. The van der Waals surface area contributed by atoms with E-state index in [4.69, 9.17) is 4.74 Å². The molecule has 0 aliphatic carbocycles. The second-order valence-corrected chi connectivity index (χ2v) is 4.70. The van der Waals surface area contributed by atoms with Gasteiger partial charge < -0.3 is 9.64 Å². The van der Waals surface area contributed by atoms with Crippen molar-refractivity contribution >= 4 is 5.91 Å². The Morgan fingerprint density at radius 2 is 2.27 bits per heavy atom. The van der Waals surface area contributed by atoms with E-state index in [-0.39, 0.29) is 18.9 Å². The van der Waals surface area contributed by atoms with Crippen LogP contribution in [0, 0.1) is 0 Å².